The second kappa shape index (κ2) is 8.54. The zero-order valence-corrected chi connectivity index (χ0v) is 15.4. The van der Waals surface area contributed by atoms with Gasteiger partial charge in [-0.1, -0.05) is 30.3 Å². The number of urea groups is 1. The van der Waals surface area contributed by atoms with Gasteiger partial charge in [0, 0.05) is 31.7 Å². The number of likely N-dealkylation sites (N-methyl/N-ethyl adjacent to an activating group) is 1. The Morgan fingerprint density at radius 3 is 2.46 bits per heavy atom. The maximum atomic E-state index is 12.7. The van der Waals surface area contributed by atoms with Crippen LogP contribution >= 0.6 is 0 Å². The largest absolute Gasteiger partial charge is 0.481 e. The van der Waals surface area contributed by atoms with E-state index in [0.29, 0.717) is 18.9 Å². The van der Waals surface area contributed by atoms with Crippen molar-refractivity contribution >= 4 is 12.0 Å². The number of carboxylic acid groups (broad SMARTS) is 1. The van der Waals surface area contributed by atoms with Crippen LogP contribution in [0.2, 0.25) is 0 Å². The summed E-state index contributed by atoms with van der Waals surface area (Å²) in [4.78, 5) is 28.0. The monoisotopic (exact) mass is 359 g/mol. The summed E-state index contributed by atoms with van der Waals surface area (Å²) in [7, 11) is 2.12. The maximum absolute atomic E-state index is 12.7. The van der Waals surface area contributed by atoms with E-state index in [1.807, 2.05) is 11.0 Å². The first-order chi connectivity index (χ1) is 12.5. The molecule has 0 aromatic heterocycles. The Bertz CT molecular complexity index is 614. The summed E-state index contributed by atoms with van der Waals surface area (Å²) >= 11 is 0. The molecule has 1 atom stereocenters. The van der Waals surface area contributed by atoms with Crippen LogP contribution in [0, 0.1) is 5.92 Å². The molecule has 1 saturated carbocycles. The third-order valence-electron chi connectivity index (χ3n) is 5.78. The van der Waals surface area contributed by atoms with Crippen LogP contribution in [0.1, 0.15) is 31.2 Å². The average Bonchev–Trinajstić information content (AvgIpc) is 2.65. The molecule has 1 heterocycles. The van der Waals surface area contributed by atoms with Gasteiger partial charge in [-0.3, -0.25) is 9.69 Å². The number of aliphatic carboxylic acids is 1. The molecule has 1 aliphatic heterocycles. The van der Waals surface area contributed by atoms with Crippen LogP contribution in [0.3, 0.4) is 0 Å². The molecule has 0 bridgehead atoms. The minimum atomic E-state index is -0.711. The number of nitrogens with one attached hydrogen (secondary N) is 1. The van der Waals surface area contributed by atoms with Gasteiger partial charge in [-0.15, -0.1) is 0 Å². The van der Waals surface area contributed by atoms with Crippen LogP contribution < -0.4 is 5.32 Å². The Hall–Kier alpha value is -2.08. The van der Waals surface area contributed by atoms with Gasteiger partial charge >= 0.3 is 12.0 Å². The molecule has 2 N–H and O–H groups in total. The lowest BCUT2D eigenvalue weighted by Crippen LogP contribution is -2.57. The van der Waals surface area contributed by atoms with Crippen LogP contribution in [0.5, 0.6) is 0 Å². The van der Waals surface area contributed by atoms with Crippen LogP contribution in [-0.4, -0.2) is 65.7 Å². The van der Waals surface area contributed by atoms with Gasteiger partial charge in [-0.25, -0.2) is 4.79 Å². The predicted molar refractivity (Wildman–Crippen MR) is 100 cm³/mol. The first-order valence-corrected chi connectivity index (χ1v) is 9.55. The summed E-state index contributed by atoms with van der Waals surface area (Å²) in [6.45, 7) is 2.33. The lowest BCUT2D eigenvalue weighted by molar-refractivity contribution is -0.142. The molecule has 2 aliphatic rings. The minimum absolute atomic E-state index is 0.00469. The lowest BCUT2D eigenvalue weighted by atomic mass is 9.86. The van der Waals surface area contributed by atoms with Crippen molar-refractivity contribution in [1.29, 1.82) is 0 Å². The van der Waals surface area contributed by atoms with E-state index in [1.54, 1.807) is 0 Å². The SMILES string of the molecule is CN1CCN(C(=O)NC2CCC(C(=O)O)CC2)CC1Cc1ccccc1. The van der Waals surface area contributed by atoms with Crippen LogP contribution in [0.4, 0.5) is 4.79 Å². The number of hydrogen-bond donors (Lipinski definition) is 2. The lowest BCUT2D eigenvalue weighted by Gasteiger charge is -2.40. The topological polar surface area (TPSA) is 72.9 Å². The highest BCUT2D eigenvalue weighted by Gasteiger charge is 2.30. The van der Waals surface area contributed by atoms with Gasteiger partial charge in [-0.2, -0.15) is 0 Å². The van der Waals surface area contributed by atoms with E-state index in [4.69, 9.17) is 5.11 Å². The molecular weight excluding hydrogens is 330 g/mol. The van der Waals surface area contributed by atoms with Gasteiger partial charge in [0.2, 0.25) is 0 Å². The van der Waals surface area contributed by atoms with Crippen molar-refractivity contribution in [2.45, 2.75) is 44.2 Å². The molecule has 1 aromatic rings. The van der Waals surface area contributed by atoms with Crippen LogP contribution in [0.15, 0.2) is 30.3 Å². The maximum Gasteiger partial charge on any atom is 0.317 e. The highest BCUT2D eigenvalue weighted by Crippen LogP contribution is 2.24. The van der Waals surface area contributed by atoms with Gasteiger partial charge in [0.1, 0.15) is 0 Å². The molecule has 142 valence electrons. The molecule has 0 spiro atoms. The molecule has 3 rings (SSSR count). The van der Waals surface area contributed by atoms with E-state index in [0.717, 1.165) is 38.9 Å². The van der Waals surface area contributed by atoms with E-state index < -0.39 is 5.97 Å². The van der Waals surface area contributed by atoms with Crippen LogP contribution in [0.25, 0.3) is 0 Å². The number of carbonyl (C=O) groups is 2. The Morgan fingerprint density at radius 1 is 1.12 bits per heavy atom. The molecular formula is C20H29N3O3. The van der Waals surface area contributed by atoms with Gasteiger partial charge in [0.15, 0.2) is 0 Å². The third kappa shape index (κ3) is 4.75. The fourth-order valence-electron chi connectivity index (χ4n) is 3.99. The van der Waals surface area contributed by atoms with Crippen molar-refractivity contribution < 1.29 is 14.7 Å². The van der Waals surface area contributed by atoms with Crippen LogP contribution in [-0.2, 0) is 11.2 Å². The summed E-state index contributed by atoms with van der Waals surface area (Å²) in [6, 6.07) is 10.8. The number of hydrogen-bond acceptors (Lipinski definition) is 3. The van der Waals surface area contributed by atoms with Gasteiger partial charge in [-0.05, 0) is 44.7 Å². The zero-order valence-electron chi connectivity index (χ0n) is 15.4. The van der Waals surface area contributed by atoms with E-state index in [9.17, 15) is 9.59 Å². The first kappa shape index (κ1) is 18.7. The minimum Gasteiger partial charge on any atom is -0.481 e. The summed E-state index contributed by atoms with van der Waals surface area (Å²) in [5.74, 6) is -0.959. The van der Waals surface area contributed by atoms with Crippen molar-refractivity contribution in [2.75, 3.05) is 26.7 Å². The number of rotatable bonds is 4. The summed E-state index contributed by atoms with van der Waals surface area (Å²) < 4.78 is 0. The number of carboxylic acids is 1. The molecule has 1 aliphatic carbocycles. The number of carbonyl (C=O) groups excluding carboxylic acids is 1. The molecule has 2 fully saturated rings. The zero-order chi connectivity index (χ0) is 18.5. The van der Waals surface area contributed by atoms with E-state index >= 15 is 0 Å². The smallest absolute Gasteiger partial charge is 0.317 e. The molecule has 1 saturated heterocycles. The molecule has 0 radical (unpaired) electrons. The summed E-state index contributed by atoms with van der Waals surface area (Å²) in [5, 5.41) is 12.2. The molecule has 1 aromatic carbocycles. The molecule has 1 unspecified atom stereocenters. The fourth-order valence-corrected chi connectivity index (χ4v) is 3.99. The van der Waals surface area contributed by atoms with Crippen molar-refractivity contribution in [3.63, 3.8) is 0 Å². The van der Waals surface area contributed by atoms with Gasteiger partial charge < -0.3 is 15.3 Å². The summed E-state index contributed by atoms with van der Waals surface area (Å²) in [5.41, 5.74) is 1.29. The van der Waals surface area contributed by atoms with Crippen molar-refractivity contribution in [3.05, 3.63) is 35.9 Å². The molecule has 6 heteroatoms. The van der Waals surface area contributed by atoms with Crippen molar-refractivity contribution in [2.24, 2.45) is 5.92 Å². The second-order valence-electron chi connectivity index (χ2n) is 7.61. The van der Waals surface area contributed by atoms with Crippen molar-refractivity contribution in [3.8, 4) is 0 Å². The number of amides is 2. The van der Waals surface area contributed by atoms with Gasteiger partial charge in [0.05, 0.1) is 5.92 Å². The standard InChI is InChI=1S/C20H29N3O3/c1-22-11-12-23(14-18(22)13-15-5-3-2-4-6-15)20(26)21-17-9-7-16(8-10-17)19(24)25/h2-6,16-18H,7-14H2,1H3,(H,21,26)(H,24,25). The Labute approximate surface area is 155 Å². The normalized spacial score (nSPS) is 27.1. The molecule has 26 heavy (non-hydrogen) atoms. The van der Waals surface area contributed by atoms with Crippen molar-refractivity contribution in [1.82, 2.24) is 15.1 Å². The predicted octanol–water partition coefficient (Wildman–Crippen LogP) is 2.20. The van der Waals surface area contributed by atoms with E-state index in [2.05, 4.69) is 41.5 Å². The Kier molecular flexibility index (Phi) is 6.14. The Balaban J connectivity index is 1.51. The third-order valence-corrected chi connectivity index (χ3v) is 5.78. The van der Waals surface area contributed by atoms with Gasteiger partial charge in [0.25, 0.3) is 0 Å². The second-order valence-corrected chi connectivity index (χ2v) is 7.61. The highest BCUT2D eigenvalue weighted by atomic mass is 16.4. The number of piperazine rings is 1. The quantitative estimate of drug-likeness (QED) is 0.864. The average molecular weight is 359 g/mol. The number of benzene rings is 1. The summed E-state index contributed by atoms with van der Waals surface area (Å²) in [6.07, 6.45) is 3.75. The first-order valence-electron chi connectivity index (χ1n) is 9.55. The molecule has 2 amide bonds. The van der Waals surface area contributed by atoms with E-state index in [1.165, 1.54) is 5.56 Å². The van der Waals surface area contributed by atoms with E-state index in [-0.39, 0.29) is 18.0 Å². The highest BCUT2D eigenvalue weighted by molar-refractivity contribution is 5.75. The Morgan fingerprint density at radius 2 is 1.81 bits per heavy atom. The number of nitrogens with zero attached hydrogens (tertiary/aromatic N) is 2. The molecule has 6 nitrogen and oxygen atoms in total. The fraction of sp³-hybridized carbons (Fsp3) is 0.600.